The molecule has 0 rings (SSSR count). The number of aliphatic hydroxyl groups is 2. The van der Waals surface area contributed by atoms with Crippen molar-refractivity contribution in [2.45, 2.75) is 12.2 Å². The van der Waals surface area contributed by atoms with Gasteiger partial charge in [0, 0.05) is 0 Å². The first kappa shape index (κ1) is 7.26. The van der Waals surface area contributed by atoms with Crippen molar-refractivity contribution in [3.8, 4) is 0 Å². The van der Waals surface area contributed by atoms with Crippen molar-refractivity contribution < 1.29 is 19.8 Å². The number of hydrogen-bond donors (Lipinski definition) is 2. The zero-order valence-electron chi connectivity index (χ0n) is 3.87. The van der Waals surface area contributed by atoms with Crippen LogP contribution in [0.1, 0.15) is 0 Å². The molecule has 0 aromatic heterocycles. The van der Waals surface area contributed by atoms with Gasteiger partial charge >= 0.3 is 0 Å². The first-order valence-electron chi connectivity index (χ1n) is 1.84. The fraction of sp³-hybridized carbons (Fsp3) is 0.500. The number of hydrogen-bond acceptors (Lipinski definition) is 4. The Balaban J connectivity index is 3.60. The van der Waals surface area contributed by atoms with Crippen LogP contribution >= 0.6 is 0 Å². The molecule has 0 aromatic carbocycles. The fourth-order valence-electron chi connectivity index (χ4n) is 0.129. The van der Waals surface area contributed by atoms with E-state index in [0.29, 0.717) is 0 Å². The Labute approximate surface area is 45.7 Å². The monoisotopic (exact) mass is 116 g/mol. The van der Waals surface area contributed by atoms with Crippen LogP contribution < -0.4 is 0 Å². The third-order valence-corrected chi connectivity index (χ3v) is 0.541. The highest BCUT2D eigenvalue weighted by Crippen LogP contribution is 1.82. The third kappa shape index (κ3) is 1.81. The van der Waals surface area contributed by atoms with Crippen molar-refractivity contribution >= 4 is 12.6 Å². The van der Waals surface area contributed by atoms with Gasteiger partial charge < -0.3 is 10.2 Å². The van der Waals surface area contributed by atoms with Crippen LogP contribution in [0.2, 0.25) is 0 Å². The van der Waals surface area contributed by atoms with E-state index in [-0.39, 0.29) is 0 Å². The summed E-state index contributed by atoms with van der Waals surface area (Å²) in [5.74, 6) is 0. The third-order valence-electron chi connectivity index (χ3n) is 0.541. The van der Waals surface area contributed by atoms with Crippen LogP contribution in [0.25, 0.3) is 0 Å². The topological polar surface area (TPSA) is 74.6 Å². The zero-order valence-corrected chi connectivity index (χ0v) is 3.87. The molecule has 4 heteroatoms. The van der Waals surface area contributed by atoms with Gasteiger partial charge in [-0.05, 0) is 0 Å². The molecule has 0 aliphatic heterocycles. The van der Waals surface area contributed by atoms with Gasteiger partial charge in [-0.15, -0.1) is 0 Å². The molecule has 0 bridgehead atoms. The van der Waals surface area contributed by atoms with E-state index in [4.69, 9.17) is 10.2 Å². The normalized spacial score (nSPS) is 16.8. The average molecular weight is 116 g/mol. The minimum absolute atomic E-state index is 1.01. The molecule has 2 N–H and O–H groups in total. The van der Waals surface area contributed by atoms with Gasteiger partial charge in [0.15, 0.2) is 12.2 Å². The van der Waals surface area contributed by atoms with E-state index >= 15 is 0 Å². The van der Waals surface area contributed by atoms with Gasteiger partial charge in [-0.1, -0.05) is 0 Å². The lowest BCUT2D eigenvalue weighted by Gasteiger charge is -1.99. The largest absolute Gasteiger partial charge is 0.382 e. The Morgan fingerprint density at radius 1 is 1.00 bits per heavy atom. The molecule has 44 valence electrons. The molecule has 0 amide bonds. The molecule has 2 radical (unpaired) electrons. The summed E-state index contributed by atoms with van der Waals surface area (Å²) in [5.41, 5.74) is 0. The van der Waals surface area contributed by atoms with Crippen molar-refractivity contribution in [3.05, 3.63) is 0 Å². The quantitative estimate of drug-likeness (QED) is 0.444. The van der Waals surface area contributed by atoms with E-state index in [1.54, 1.807) is 0 Å². The van der Waals surface area contributed by atoms with Crippen LogP contribution in [-0.2, 0) is 9.59 Å². The molecule has 0 aromatic rings. The van der Waals surface area contributed by atoms with Gasteiger partial charge in [0.25, 0.3) is 0 Å². The van der Waals surface area contributed by atoms with E-state index in [1.807, 2.05) is 0 Å². The first-order valence-corrected chi connectivity index (χ1v) is 1.84. The van der Waals surface area contributed by atoms with Crippen molar-refractivity contribution in [3.63, 3.8) is 0 Å². The van der Waals surface area contributed by atoms with Crippen LogP contribution in [-0.4, -0.2) is 35.0 Å². The maximum absolute atomic E-state index is 9.39. The number of aliphatic hydroxyl groups excluding tert-OH is 2. The van der Waals surface area contributed by atoms with Gasteiger partial charge in [-0.2, -0.15) is 0 Å². The lowest BCUT2D eigenvalue weighted by atomic mass is 10.2. The molecule has 4 nitrogen and oxygen atoms in total. The second-order valence-corrected chi connectivity index (χ2v) is 1.13. The van der Waals surface area contributed by atoms with Crippen molar-refractivity contribution in [1.29, 1.82) is 0 Å². The molecule has 0 saturated carbocycles. The Kier molecular flexibility index (Phi) is 2.98. The highest BCUT2D eigenvalue weighted by Gasteiger charge is 2.14. The summed E-state index contributed by atoms with van der Waals surface area (Å²) in [6.45, 7) is 0. The molecule has 0 fully saturated rings. The summed E-state index contributed by atoms with van der Waals surface area (Å²) < 4.78 is 0. The summed E-state index contributed by atoms with van der Waals surface area (Å²) in [6.07, 6.45) is -1.50. The van der Waals surface area contributed by atoms with Crippen LogP contribution in [0.5, 0.6) is 0 Å². The molecule has 2 atom stereocenters. The summed E-state index contributed by atoms with van der Waals surface area (Å²) in [5, 5.41) is 16.4. The second kappa shape index (κ2) is 3.29. The van der Waals surface area contributed by atoms with E-state index in [0.717, 1.165) is 12.6 Å². The number of rotatable bonds is 3. The molecule has 0 aliphatic carbocycles. The molecule has 8 heavy (non-hydrogen) atoms. The summed E-state index contributed by atoms with van der Waals surface area (Å²) in [4.78, 5) is 18.8. The van der Waals surface area contributed by atoms with Gasteiger partial charge in [-0.25, -0.2) is 0 Å². The number of carbonyl (C=O) groups excluding carboxylic acids is 2. The SMILES string of the molecule is O=[C][C@@H](O)[C@@H](O)[C]=O. The molecular weight excluding hydrogens is 112 g/mol. The van der Waals surface area contributed by atoms with Gasteiger partial charge in [-0.3, -0.25) is 9.59 Å². The predicted molar refractivity (Wildman–Crippen MR) is 23.4 cm³/mol. The van der Waals surface area contributed by atoms with Gasteiger partial charge in [0.05, 0.1) is 0 Å². The Hall–Kier alpha value is -0.740. The van der Waals surface area contributed by atoms with Crippen LogP contribution in [0.15, 0.2) is 0 Å². The summed E-state index contributed by atoms with van der Waals surface area (Å²) in [6, 6.07) is 0. The van der Waals surface area contributed by atoms with E-state index in [9.17, 15) is 9.59 Å². The fourth-order valence-corrected chi connectivity index (χ4v) is 0.129. The molecule has 0 heterocycles. The maximum Gasteiger partial charge on any atom is 0.232 e. The Bertz CT molecular complexity index is 78.0. The van der Waals surface area contributed by atoms with Crippen LogP contribution in [0.4, 0.5) is 0 Å². The first-order chi connectivity index (χ1) is 3.72. The van der Waals surface area contributed by atoms with E-state index < -0.39 is 12.2 Å². The highest BCUT2D eigenvalue weighted by atomic mass is 16.3. The Morgan fingerprint density at radius 2 is 1.25 bits per heavy atom. The second-order valence-electron chi connectivity index (χ2n) is 1.13. The summed E-state index contributed by atoms with van der Waals surface area (Å²) in [7, 11) is 0. The summed E-state index contributed by atoms with van der Waals surface area (Å²) >= 11 is 0. The molecular formula is C4H4O4. The minimum atomic E-state index is -1.76. The lowest BCUT2D eigenvalue weighted by molar-refractivity contribution is 0.101. The highest BCUT2D eigenvalue weighted by molar-refractivity contribution is 5.68. The van der Waals surface area contributed by atoms with Gasteiger partial charge in [0.1, 0.15) is 0 Å². The zero-order chi connectivity index (χ0) is 6.57. The van der Waals surface area contributed by atoms with Crippen LogP contribution in [0.3, 0.4) is 0 Å². The standard InChI is InChI=1S/C4H4O4/c5-1-3(7)4(8)2-6/h3-4,7-8H/t3-,4+. The lowest BCUT2D eigenvalue weighted by Crippen LogP contribution is -2.27. The molecule has 0 saturated heterocycles. The van der Waals surface area contributed by atoms with E-state index in [2.05, 4.69) is 0 Å². The van der Waals surface area contributed by atoms with E-state index in [1.165, 1.54) is 0 Å². The minimum Gasteiger partial charge on any atom is -0.382 e. The smallest absolute Gasteiger partial charge is 0.232 e. The predicted octanol–water partition coefficient (Wildman–Crippen LogP) is -2.07. The Morgan fingerprint density at radius 3 is 1.38 bits per heavy atom. The van der Waals surface area contributed by atoms with Crippen molar-refractivity contribution in [2.24, 2.45) is 0 Å². The van der Waals surface area contributed by atoms with Crippen molar-refractivity contribution in [1.82, 2.24) is 0 Å². The van der Waals surface area contributed by atoms with Crippen LogP contribution in [0, 0.1) is 0 Å². The maximum atomic E-state index is 9.39. The van der Waals surface area contributed by atoms with Crippen molar-refractivity contribution in [2.75, 3.05) is 0 Å². The average Bonchev–Trinajstić information content (AvgIpc) is 1.84. The molecule has 0 unspecified atom stereocenters. The molecule has 0 aliphatic rings. The van der Waals surface area contributed by atoms with Gasteiger partial charge in [0.2, 0.25) is 12.6 Å². The molecule has 0 spiro atoms.